The molecule has 0 spiro atoms. The van der Waals surface area contributed by atoms with Gasteiger partial charge in [0.2, 0.25) is 5.91 Å². The molecule has 114 valence electrons. The molecule has 0 aromatic carbocycles. The third-order valence-corrected chi connectivity index (χ3v) is 3.61. The third kappa shape index (κ3) is 15.4. The van der Waals surface area contributed by atoms with Gasteiger partial charge < -0.3 is 5.32 Å². The number of rotatable bonds is 14. The Labute approximate surface area is 120 Å². The molecule has 0 unspecified atom stereocenters. The first-order chi connectivity index (χ1) is 9.31. The molecule has 0 saturated carbocycles. The Hall–Kier alpha value is -0.530. The van der Waals surface area contributed by atoms with E-state index in [1.54, 1.807) is 0 Å². The lowest BCUT2D eigenvalue weighted by Gasteiger charge is -2.05. The van der Waals surface area contributed by atoms with Crippen molar-refractivity contribution in [3.63, 3.8) is 0 Å². The first kappa shape index (κ1) is 18.5. The molecule has 0 aromatic rings. The van der Waals surface area contributed by atoms with Gasteiger partial charge in [0.15, 0.2) is 0 Å². The average Bonchev–Trinajstić information content (AvgIpc) is 2.41. The summed E-state index contributed by atoms with van der Waals surface area (Å²) in [5.74, 6) is 0.252. The fourth-order valence-electron chi connectivity index (χ4n) is 2.29. The predicted octanol–water partition coefficient (Wildman–Crippen LogP) is 5.21. The van der Waals surface area contributed by atoms with Crippen LogP contribution in [-0.4, -0.2) is 12.5 Å². The molecule has 0 radical (unpaired) electrons. The fraction of sp³-hybridized carbons (Fsp3) is 0.941. The highest BCUT2D eigenvalue weighted by Gasteiger charge is 2.00. The quantitative estimate of drug-likeness (QED) is 0.431. The Morgan fingerprint density at radius 3 is 1.74 bits per heavy atom. The second kappa shape index (κ2) is 15.5. The van der Waals surface area contributed by atoms with Crippen LogP contribution >= 0.6 is 0 Å². The van der Waals surface area contributed by atoms with Gasteiger partial charge in [0.05, 0.1) is 0 Å². The van der Waals surface area contributed by atoms with Gasteiger partial charge in [-0.2, -0.15) is 0 Å². The van der Waals surface area contributed by atoms with E-state index in [1.165, 1.54) is 64.2 Å². The van der Waals surface area contributed by atoms with Crippen molar-refractivity contribution in [1.29, 1.82) is 0 Å². The minimum atomic E-state index is 0.252. The van der Waals surface area contributed by atoms with Crippen molar-refractivity contribution in [2.45, 2.75) is 97.3 Å². The van der Waals surface area contributed by atoms with Crippen LogP contribution in [0.4, 0.5) is 0 Å². The van der Waals surface area contributed by atoms with Crippen molar-refractivity contribution in [3.05, 3.63) is 0 Å². The topological polar surface area (TPSA) is 29.1 Å². The van der Waals surface area contributed by atoms with Gasteiger partial charge in [0.25, 0.3) is 0 Å². The summed E-state index contributed by atoms with van der Waals surface area (Å²) in [4.78, 5) is 11.5. The average molecular weight is 269 g/mol. The highest BCUT2D eigenvalue weighted by atomic mass is 16.1. The van der Waals surface area contributed by atoms with Crippen molar-refractivity contribution < 1.29 is 4.79 Å². The second-order valence-electron chi connectivity index (χ2n) is 5.64. The van der Waals surface area contributed by atoms with Crippen molar-refractivity contribution in [3.8, 4) is 0 Å². The number of carbonyl (C=O) groups is 1. The van der Waals surface area contributed by atoms with Gasteiger partial charge in [0, 0.05) is 13.0 Å². The van der Waals surface area contributed by atoms with Gasteiger partial charge in [-0.05, 0) is 12.8 Å². The van der Waals surface area contributed by atoms with Crippen molar-refractivity contribution in [2.24, 2.45) is 0 Å². The molecular weight excluding hydrogens is 234 g/mol. The van der Waals surface area contributed by atoms with E-state index >= 15 is 0 Å². The second-order valence-corrected chi connectivity index (χ2v) is 5.64. The van der Waals surface area contributed by atoms with Crippen LogP contribution in [0.25, 0.3) is 0 Å². The summed E-state index contributed by atoms with van der Waals surface area (Å²) in [5, 5.41) is 3.04. The smallest absolute Gasteiger partial charge is 0.219 e. The van der Waals surface area contributed by atoms with Crippen LogP contribution in [-0.2, 0) is 4.79 Å². The molecule has 0 atom stereocenters. The maximum atomic E-state index is 11.5. The highest BCUT2D eigenvalue weighted by molar-refractivity contribution is 5.75. The van der Waals surface area contributed by atoms with Gasteiger partial charge in [-0.3, -0.25) is 4.79 Å². The number of nitrogens with one attached hydrogen (secondary N) is 1. The third-order valence-electron chi connectivity index (χ3n) is 3.61. The van der Waals surface area contributed by atoms with E-state index in [9.17, 15) is 4.79 Å². The molecule has 0 aliphatic carbocycles. The lowest BCUT2D eigenvalue weighted by molar-refractivity contribution is -0.121. The highest BCUT2D eigenvalue weighted by Crippen LogP contribution is 2.07. The maximum Gasteiger partial charge on any atom is 0.219 e. The van der Waals surface area contributed by atoms with Gasteiger partial charge in [-0.15, -0.1) is 0 Å². The largest absolute Gasteiger partial charge is 0.356 e. The molecule has 19 heavy (non-hydrogen) atoms. The van der Waals surface area contributed by atoms with Crippen molar-refractivity contribution in [2.75, 3.05) is 6.54 Å². The number of hydrogen-bond acceptors (Lipinski definition) is 1. The fourth-order valence-corrected chi connectivity index (χ4v) is 2.29. The minimum absolute atomic E-state index is 0.252. The van der Waals surface area contributed by atoms with Crippen LogP contribution in [0.5, 0.6) is 0 Å². The lowest BCUT2D eigenvalue weighted by Crippen LogP contribution is -2.23. The number of hydrogen-bond donors (Lipinski definition) is 1. The molecule has 1 amide bonds. The van der Waals surface area contributed by atoms with Gasteiger partial charge in [-0.1, -0.05) is 78.1 Å². The predicted molar refractivity (Wildman–Crippen MR) is 84.4 cm³/mol. The zero-order valence-corrected chi connectivity index (χ0v) is 13.3. The van der Waals surface area contributed by atoms with Crippen LogP contribution in [0.2, 0.25) is 0 Å². The molecule has 1 N–H and O–H groups in total. The zero-order valence-electron chi connectivity index (χ0n) is 13.3. The minimum Gasteiger partial charge on any atom is -0.356 e. The molecule has 0 bridgehead atoms. The van der Waals surface area contributed by atoms with E-state index in [4.69, 9.17) is 0 Å². The first-order valence-corrected chi connectivity index (χ1v) is 8.58. The first-order valence-electron chi connectivity index (χ1n) is 8.58. The number of carbonyl (C=O) groups excluding carboxylic acids is 1. The Bertz CT molecular complexity index is 192. The monoisotopic (exact) mass is 269 g/mol. The SMILES string of the molecule is CCCCCCCCCNC(=O)CCCCCCC. The van der Waals surface area contributed by atoms with Crippen molar-refractivity contribution in [1.82, 2.24) is 5.32 Å². The Morgan fingerprint density at radius 2 is 1.16 bits per heavy atom. The molecule has 0 aliphatic rings. The summed E-state index contributed by atoms with van der Waals surface area (Å²) in [6, 6.07) is 0. The molecule has 0 aliphatic heterocycles. The molecule has 0 saturated heterocycles. The maximum absolute atomic E-state index is 11.5. The van der Waals surface area contributed by atoms with Crippen LogP contribution in [0.3, 0.4) is 0 Å². The van der Waals surface area contributed by atoms with E-state index in [2.05, 4.69) is 19.2 Å². The summed E-state index contributed by atoms with van der Waals surface area (Å²) >= 11 is 0. The molecule has 0 heterocycles. The molecule has 2 nitrogen and oxygen atoms in total. The molecular formula is C17H35NO. The van der Waals surface area contributed by atoms with E-state index in [-0.39, 0.29) is 5.91 Å². The van der Waals surface area contributed by atoms with Gasteiger partial charge in [-0.25, -0.2) is 0 Å². The Balaban J connectivity index is 3.12. The Kier molecular flexibility index (Phi) is 15.1. The lowest BCUT2D eigenvalue weighted by atomic mass is 10.1. The van der Waals surface area contributed by atoms with E-state index < -0.39 is 0 Å². The van der Waals surface area contributed by atoms with E-state index in [0.717, 1.165) is 25.8 Å². The van der Waals surface area contributed by atoms with E-state index in [0.29, 0.717) is 0 Å². The molecule has 0 rings (SSSR count). The van der Waals surface area contributed by atoms with Crippen LogP contribution in [0, 0.1) is 0 Å². The van der Waals surface area contributed by atoms with Gasteiger partial charge >= 0.3 is 0 Å². The summed E-state index contributed by atoms with van der Waals surface area (Å²) in [5.41, 5.74) is 0. The van der Waals surface area contributed by atoms with Crippen molar-refractivity contribution >= 4 is 5.91 Å². The normalized spacial score (nSPS) is 10.6. The standard InChI is InChI=1S/C17H35NO/c1-3-5-7-9-10-12-14-16-18-17(19)15-13-11-8-6-4-2/h3-16H2,1-2H3,(H,18,19). The summed E-state index contributed by atoms with van der Waals surface area (Å²) < 4.78 is 0. The number of unbranched alkanes of at least 4 members (excludes halogenated alkanes) is 10. The summed E-state index contributed by atoms with van der Waals surface area (Å²) in [6.45, 7) is 5.34. The summed E-state index contributed by atoms with van der Waals surface area (Å²) in [7, 11) is 0. The summed E-state index contributed by atoms with van der Waals surface area (Å²) in [6.07, 6.45) is 16.0. The zero-order chi connectivity index (χ0) is 14.2. The van der Waals surface area contributed by atoms with Gasteiger partial charge in [0.1, 0.15) is 0 Å². The van der Waals surface area contributed by atoms with Crippen LogP contribution < -0.4 is 5.32 Å². The molecule has 0 aromatic heterocycles. The molecule has 2 heteroatoms. The van der Waals surface area contributed by atoms with Crippen LogP contribution in [0.15, 0.2) is 0 Å². The van der Waals surface area contributed by atoms with E-state index in [1.807, 2.05) is 0 Å². The van der Waals surface area contributed by atoms with Crippen LogP contribution in [0.1, 0.15) is 97.3 Å². The number of amides is 1. The Morgan fingerprint density at radius 1 is 0.684 bits per heavy atom. The molecule has 0 fully saturated rings.